The summed E-state index contributed by atoms with van der Waals surface area (Å²) >= 11 is 1.09. The Kier molecular flexibility index (Phi) is 5.86. The summed E-state index contributed by atoms with van der Waals surface area (Å²) in [4.78, 5) is 11.5. The van der Waals surface area contributed by atoms with Gasteiger partial charge in [0.1, 0.15) is 5.75 Å². The molecule has 0 heterocycles. The quantitative estimate of drug-likeness (QED) is 0.307. The Labute approximate surface area is 110 Å². The molecule has 0 atom stereocenters. The van der Waals surface area contributed by atoms with Crippen LogP contribution in [0.3, 0.4) is 0 Å². The summed E-state index contributed by atoms with van der Waals surface area (Å²) in [6, 6.07) is 7.49. The molecule has 0 spiro atoms. The summed E-state index contributed by atoms with van der Waals surface area (Å²) in [6.07, 6.45) is 0. The van der Waals surface area contributed by atoms with Gasteiger partial charge in [0.2, 0.25) is 5.91 Å². The molecular weight excluding hydrogens is 252 g/mol. The highest BCUT2D eigenvalue weighted by Gasteiger charge is 2.06. The minimum absolute atomic E-state index is 0.141. The van der Waals surface area contributed by atoms with E-state index in [4.69, 9.17) is 16.3 Å². The molecule has 1 amide bonds. The van der Waals surface area contributed by atoms with E-state index in [9.17, 15) is 4.79 Å². The standard InChI is InChI=1S/C11H16N4O2S/c1-17-9-5-3-2-4-8(9)6-14-10(16)7-18-11(12)15-13/h2-5H,6-7,13H2,1H3,(H2,12,15)(H,14,16). The van der Waals surface area contributed by atoms with Crippen LogP contribution in [0.1, 0.15) is 5.56 Å². The van der Waals surface area contributed by atoms with Crippen molar-refractivity contribution in [2.75, 3.05) is 12.9 Å². The Bertz CT molecular complexity index is 437. The molecule has 6 nitrogen and oxygen atoms in total. The van der Waals surface area contributed by atoms with Crippen LogP contribution < -0.4 is 21.6 Å². The van der Waals surface area contributed by atoms with Crippen molar-refractivity contribution in [2.45, 2.75) is 6.54 Å². The molecule has 5 N–H and O–H groups in total. The fourth-order valence-electron chi connectivity index (χ4n) is 1.27. The Balaban J connectivity index is 2.42. The number of carbonyl (C=O) groups excluding carboxylic acids is 1. The SMILES string of the molecule is COc1ccccc1CNC(=O)CSC(N)=NN. The van der Waals surface area contributed by atoms with E-state index < -0.39 is 0 Å². The summed E-state index contributed by atoms with van der Waals surface area (Å²) in [5.74, 6) is 5.74. The molecule has 1 aromatic rings. The first-order valence-electron chi connectivity index (χ1n) is 5.22. The van der Waals surface area contributed by atoms with E-state index in [0.29, 0.717) is 6.54 Å². The molecule has 1 aromatic carbocycles. The van der Waals surface area contributed by atoms with Crippen molar-refractivity contribution in [2.24, 2.45) is 16.7 Å². The smallest absolute Gasteiger partial charge is 0.230 e. The zero-order valence-electron chi connectivity index (χ0n) is 10.1. The number of hydrogen-bond acceptors (Lipinski definition) is 5. The van der Waals surface area contributed by atoms with E-state index in [1.54, 1.807) is 7.11 Å². The molecule has 98 valence electrons. The molecule has 0 saturated heterocycles. The zero-order chi connectivity index (χ0) is 13.4. The molecule has 0 fully saturated rings. The van der Waals surface area contributed by atoms with Gasteiger partial charge in [-0.2, -0.15) is 5.10 Å². The fraction of sp³-hybridized carbons (Fsp3) is 0.273. The average Bonchev–Trinajstić information content (AvgIpc) is 2.42. The highest BCUT2D eigenvalue weighted by Crippen LogP contribution is 2.16. The first-order valence-corrected chi connectivity index (χ1v) is 6.20. The number of methoxy groups -OCH3 is 1. The van der Waals surface area contributed by atoms with Crippen LogP contribution in [0, 0.1) is 0 Å². The Morgan fingerprint density at radius 3 is 2.89 bits per heavy atom. The van der Waals surface area contributed by atoms with Crippen molar-refractivity contribution in [1.29, 1.82) is 0 Å². The van der Waals surface area contributed by atoms with Crippen molar-refractivity contribution in [3.63, 3.8) is 0 Å². The van der Waals surface area contributed by atoms with Gasteiger partial charge >= 0.3 is 0 Å². The van der Waals surface area contributed by atoms with E-state index in [0.717, 1.165) is 23.1 Å². The van der Waals surface area contributed by atoms with Crippen LogP contribution in [0.5, 0.6) is 5.75 Å². The molecule has 0 bridgehead atoms. The number of hydrogen-bond donors (Lipinski definition) is 3. The lowest BCUT2D eigenvalue weighted by Crippen LogP contribution is -2.26. The number of para-hydroxylation sites is 1. The predicted molar refractivity (Wildman–Crippen MR) is 73.1 cm³/mol. The summed E-state index contributed by atoms with van der Waals surface area (Å²) in [6.45, 7) is 0.406. The molecule has 0 radical (unpaired) electrons. The van der Waals surface area contributed by atoms with Crippen molar-refractivity contribution in [3.05, 3.63) is 29.8 Å². The lowest BCUT2D eigenvalue weighted by molar-refractivity contribution is -0.118. The number of amides is 1. The van der Waals surface area contributed by atoms with Gasteiger partial charge in [-0.05, 0) is 6.07 Å². The van der Waals surface area contributed by atoms with E-state index in [2.05, 4.69) is 10.4 Å². The van der Waals surface area contributed by atoms with Crippen LogP contribution >= 0.6 is 11.8 Å². The highest BCUT2D eigenvalue weighted by molar-refractivity contribution is 8.14. The lowest BCUT2D eigenvalue weighted by Gasteiger charge is -2.09. The third-order valence-electron chi connectivity index (χ3n) is 2.15. The average molecular weight is 268 g/mol. The lowest BCUT2D eigenvalue weighted by atomic mass is 10.2. The Hall–Kier alpha value is -1.89. The number of carbonyl (C=O) groups is 1. The molecule has 0 saturated carbocycles. The van der Waals surface area contributed by atoms with Crippen molar-refractivity contribution >= 4 is 22.8 Å². The van der Waals surface area contributed by atoms with Crippen LogP contribution in [0.2, 0.25) is 0 Å². The van der Waals surface area contributed by atoms with Crippen molar-refractivity contribution < 1.29 is 9.53 Å². The zero-order valence-corrected chi connectivity index (χ0v) is 10.9. The molecule has 0 aliphatic rings. The van der Waals surface area contributed by atoms with Gasteiger partial charge in [-0.3, -0.25) is 4.79 Å². The third kappa shape index (κ3) is 4.54. The number of nitrogens with one attached hydrogen (secondary N) is 1. The molecule has 7 heteroatoms. The molecule has 0 unspecified atom stereocenters. The summed E-state index contributed by atoms with van der Waals surface area (Å²) < 4.78 is 5.18. The van der Waals surface area contributed by atoms with Crippen LogP contribution in [0.4, 0.5) is 0 Å². The molecule has 18 heavy (non-hydrogen) atoms. The second-order valence-corrected chi connectivity index (χ2v) is 4.34. The molecule has 0 aliphatic carbocycles. The molecule has 0 aromatic heterocycles. The molecular formula is C11H16N4O2S. The van der Waals surface area contributed by atoms with E-state index in [1.165, 1.54) is 0 Å². The van der Waals surface area contributed by atoms with Crippen molar-refractivity contribution in [1.82, 2.24) is 5.32 Å². The fourth-order valence-corrected chi connectivity index (χ4v) is 1.73. The highest BCUT2D eigenvalue weighted by atomic mass is 32.2. The van der Waals surface area contributed by atoms with Gasteiger partial charge in [-0.1, -0.05) is 30.0 Å². The predicted octanol–water partition coefficient (Wildman–Crippen LogP) is 0.233. The third-order valence-corrected chi connectivity index (χ3v) is 2.95. The maximum atomic E-state index is 11.5. The number of amidine groups is 1. The molecule has 1 rings (SSSR count). The summed E-state index contributed by atoms with van der Waals surface area (Å²) in [5.41, 5.74) is 6.28. The minimum atomic E-state index is -0.141. The number of benzene rings is 1. The second-order valence-electron chi connectivity index (χ2n) is 3.34. The number of nitrogens with zero attached hydrogens (tertiary/aromatic N) is 1. The van der Waals surface area contributed by atoms with Crippen LogP contribution in [-0.4, -0.2) is 23.9 Å². The van der Waals surface area contributed by atoms with Gasteiger partial charge in [0.25, 0.3) is 0 Å². The summed E-state index contributed by atoms with van der Waals surface area (Å²) in [7, 11) is 1.59. The Morgan fingerprint density at radius 1 is 1.50 bits per heavy atom. The van der Waals surface area contributed by atoms with Crippen molar-refractivity contribution in [3.8, 4) is 5.75 Å². The van der Waals surface area contributed by atoms with E-state index in [1.807, 2.05) is 24.3 Å². The van der Waals surface area contributed by atoms with Gasteiger partial charge in [-0.25, -0.2) is 0 Å². The number of thioether (sulfide) groups is 1. The van der Waals surface area contributed by atoms with Gasteiger partial charge < -0.3 is 21.6 Å². The second kappa shape index (κ2) is 7.44. The first-order chi connectivity index (χ1) is 8.67. The van der Waals surface area contributed by atoms with Crippen LogP contribution in [0.15, 0.2) is 29.4 Å². The minimum Gasteiger partial charge on any atom is -0.496 e. The first kappa shape index (κ1) is 14.2. The van der Waals surface area contributed by atoms with Gasteiger partial charge in [0, 0.05) is 12.1 Å². The Morgan fingerprint density at radius 2 is 2.22 bits per heavy atom. The largest absolute Gasteiger partial charge is 0.496 e. The van der Waals surface area contributed by atoms with Gasteiger partial charge in [0.15, 0.2) is 5.17 Å². The number of hydrazone groups is 1. The van der Waals surface area contributed by atoms with Gasteiger partial charge in [-0.15, -0.1) is 0 Å². The van der Waals surface area contributed by atoms with Crippen LogP contribution in [0.25, 0.3) is 0 Å². The normalized spacial score (nSPS) is 11.1. The van der Waals surface area contributed by atoms with Crippen LogP contribution in [-0.2, 0) is 11.3 Å². The molecule has 0 aliphatic heterocycles. The van der Waals surface area contributed by atoms with Gasteiger partial charge in [0.05, 0.1) is 12.9 Å². The number of rotatable bonds is 5. The maximum absolute atomic E-state index is 11.5. The number of ether oxygens (including phenoxy) is 1. The monoisotopic (exact) mass is 268 g/mol. The van der Waals surface area contributed by atoms with E-state index >= 15 is 0 Å². The number of nitrogens with two attached hydrogens (primary N) is 2. The summed E-state index contributed by atoms with van der Waals surface area (Å²) in [5, 5.41) is 6.21. The maximum Gasteiger partial charge on any atom is 0.230 e. The topological polar surface area (TPSA) is 103 Å². The van der Waals surface area contributed by atoms with E-state index in [-0.39, 0.29) is 16.8 Å².